The first-order chi connectivity index (χ1) is 16.3. The molecule has 0 bridgehead atoms. The van der Waals surface area contributed by atoms with Gasteiger partial charge in [0.1, 0.15) is 17.8 Å². The highest BCUT2D eigenvalue weighted by atomic mass is 16.7. The smallest absolute Gasteiger partial charge is 0.339 e. The molecule has 3 saturated carbocycles. The summed E-state index contributed by atoms with van der Waals surface area (Å²) in [6.45, 7) is 12.5. The molecule has 192 valence electrons. The van der Waals surface area contributed by atoms with Crippen molar-refractivity contribution in [2.75, 3.05) is 0 Å². The topological polar surface area (TPSA) is 98.5 Å². The van der Waals surface area contributed by atoms with Crippen LogP contribution in [-0.4, -0.2) is 41.0 Å². The predicted octanol–water partition coefficient (Wildman–Crippen LogP) is 4.58. The summed E-state index contributed by atoms with van der Waals surface area (Å²) in [6, 6.07) is 1.86. The minimum absolute atomic E-state index is 0.0762. The van der Waals surface area contributed by atoms with Crippen LogP contribution in [0.25, 0.3) is 0 Å². The van der Waals surface area contributed by atoms with Crippen molar-refractivity contribution < 1.29 is 33.3 Å². The van der Waals surface area contributed by atoms with E-state index in [1.54, 1.807) is 12.5 Å². The number of hydrogen-bond acceptors (Lipinski definition) is 7. The second-order valence-electron chi connectivity index (χ2n) is 13.2. The molecule has 1 N–H and O–H groups in total. The van der Waals surface area contributed by atoms with E-state index in [0.29, 0.717) is 6.42 Å². The number of esters is 2. The van der Waals surface area contributed by atoms with Gasteiger partial charge in [-0.05, 0) is 60.8 Å². The summed E-state index contributed by atoms with van der Waals surface area (Å²) in [7, 11) is 0. The molecule has 35 heavy (non-hydrogen) atoms. The van der Waals surface area contributed by atoms with Gasteiger partial charge in [-0.2, -0.15) is 0 Å². The van der Waals surface area contributed by atoms with Crippen molar-refractivity contribution in [1.29, 1.82) is 0 Å². The van der Waals surface area contributed by atoms with E-state index in [1.165, 1.54) is 6.92 Å². The first-order valence-electron chi connectivity index (χ1n) is 13.1. The Morgan fingerprint density at radius 2 is 1.83 bits per heavy atom. The average molecular weight is 487 g/mol. The van der Waals surface area contributed by atoms with Gasteiger partial charge in [0.25, 0.3) is 0 Å². The van der Waals surface area contributed by atoms with Crippen LogP contribution in [0.1, 0.15) is 85.3 Å². The summed E-state index contributed by atoms with van der Waals surface area (Å²) < 4.78 is 24.1. The van der Waals surface area contributed by atoms with E-state index >= 15 is 0 Å². The van der Waals surface area contributed by atoms with E-state index in [-0.39, 0.29) is 34.6 Å². The molecule has 7 nitrogen and oxygen atoms in total. The third kappa shape index (κ3) is 2.59. The highest BCUT2D eigenvalue weighted by Gasteiger charge is 2.88. The van der Waals surface area contributed by atoms with E-state index in [9.17, 15) is 14.7 Å². The van der Waals surface area contributed by atoms with Gasteiger partial charge >= 0.3 is 11.9 Å². The Morgan fingerprint density at radius 3 is 2.49 bits per heavy atom. The Bertz CT molecular complexity index is 1060. The molecule has 1 aromatic heterocycles. The van der Waals surface area contributed by atoms with Gasteiger partial charge in [0.15, 0.2) is 6.10 Å². The number of ether oxygens (including phenoxy) is 3. The lowest BCUT2D eigenvalue weighted by Gasteiger charge is -2.70. The normalized spacial score (nSPS) is 51.7. The van der Waals surface area contributed by atoms with Crippen LogP contribution in [0.3, 0.4) is 0 Å². The van der Waals surface area contributed by atoms with Gasteiger partial charge < -0.3 is 23.7 Å². The molecule has 3 aliphatic carbocycles. The third-order valence-corrected chi connectivity index (χ3v) is 11.5. The summed E-state index contributed by atoms with van der Waals surface area (Å²) in [4.78, 5) is 25.7. The number of aliphatic hydroxyl groups excluding tert-OH is 1. The number of carbonyl (C=O) groups is 2. The minimum atomic E-state index is -0.797. The lowest BCUT2D eigenvalue weighted by atomic mass is 9.34. The maximum Gasteiger partial charge on any atom is 0.339 e. The number of fused-ring (bicyclic) bond motifs is 3. The van der Waals surface area contributed by atoms with Gasteiger partial charge in [0, 0.05) is 23.3 Å². The highest BCUT2D eigenvalue weighted by molar-refractivity contribution is 5.82. The molecule has 2 unspecified atom stereocenters. The molecular formula is C28H38O7. The summed E-state index contributed by atoms with van der Waals surface area (Å²) in [6.07, 6.45) is 5.33. The molecular weight excluding hydrogens is 448 g/mol. The standard InChI is InChI=1S/C28H38O7/c1-15(29)33-20-13-18-24(2,3)19(30)8-10-25(18,4)17-7-11-26(5)21(16-9-12-32-14-16)34-23(31)22-28(26,35-22)27(17,20)6/h9,12,14,17-22,30H,7-8,10-11,13H2,1-6H3/t17?,18?,19-,20-,21+,22-,25-,26+,27+,28-/m1/s1. The molecule has 7 heteroatoms. The van der Waals surface area contributed by atoms with Crippen LogP contribution in [0, 0.1) is 33.5 Å². The number of aliphatic hydroxyl groups is 1. The lowest BCUT2D eigenvalue weighted by molar-refractivity contribution is -0.275. The fourth-order valence-electron chi connectivity index (χ4n) is 9.88. The van der Waals surface area contributed by atoms with Crippen molar-refractivity contribution in [2.45, 2.75) is 104 Å². The van der Waals surface area contributed by atoms with Crippen LogP contribution in [0.4, 0.5) is 0 Å². The Kier molecular flexibility index (Phi) is 4.65. The Hall–Kier alpha value is -1.86. The molecule has 1 aromatic rings. The molecule has 0 radical (unpaired) electrons. The van der Waals surface area contributed by atoms with Crippen molar-refractivity contribution in [3.8, 4) is 0 Å². The van der Waals surface area contributed by atoms with Crippen LogP contribution >= 0.6 is 0 Å². The molecule has 0 amide bonds. The Labute approximate surface area is 206 Å². The number of furan rings is 1. The monoisotopic (exact) mass is 486 g/mol. The predicted molar refractivity (Wildman–Crippen MR) is 125 cm³/mol. The molecule has 10 atom stereocenters. The molecule has 2 aliphatic heterocycles. The van der Waals surface area contributed by atoms with Gasteiger partial charge in [0.2, 0.25) is 0 Å². The van der Waals surface area contributed by atoms with Crippen molar-refractivity contribution in [1.82, 2.24) is 0 Å². The van der Waals surface area contributed by atoms with Gasteiger partial charge in [0.05, 0.1) is 18.6 Å². The largest absolute Gasteiger partial charge is 0.472 e. The van der Waals surface area contributed by atoms with Crippen molar-refractivity contribution in [3.63, 3.8) is 0 Å². The molecule has 6 rings (SSSR count). The number of epoxide rings is 1. The van der Waals surface area contributed by atoms with Crippen LogP contribution in [0.5, 0.6) is 0 Å². The van der Waals surface area contributed by atoms with Crippen LogP contribution < -0.4 is 0 Å². The number of rotatable bonds is 2. The fourth-order valence-corrected chi connectivity index (χ4v) is 9.88. The summed E-state index contributed by atoms with van der Waals surface area (Å²) in [5.41, 5.74) is -1.42. The summed E-state index contributed by atoms with van der Waals surface area (Å²) >= 11 is 0. The van der Waals surface area contributed by atoms with E-state index in [2.05, 4.69) is 34.6 Å². The SMILES string of the molecule is CC(=O)O[C@@H]1CC2C(C)(C)[C@H](O)CC[C@]2(C)C2CC[C@@]3(C)[C@H](c4ccoc4)OC(=O)[C@H]4O[C@]43[C@@]21C. The van der Waals surface area contributed by atoms with E-state index in [1.807, 2.05) is 6.07 Å². The number of cyclic esters (lactones) is 1. The van der Waals surface area contributed by atoms with Crippen molar-refractivity contribution in [3.05, 3.63) is 24.2 Å². The summed E-state index contributed by atoms with van der Waals surface area (Å²) in [5.74, 6) is -0.319. The second-order valence-corrected chi connectivity index (χ2v) is 13.2. The fraction of sp³-hybridized carbons (Fsp3) is 0.786. The zero-order valence-electron chi connectivity index (χ0n) is 21.6. The molecule has 3 heterocycles. The van der Waals surface area contributed by atoms with Gasteiger partial charge in [-0.1, -0.05) is 34.6 Å². The molecule has 5 aliphatic rings. The molecule has 2 saturated heterocycles. The van der Waals surface area contributed by atoms with Gasteiger partial charge in [-0.3, -0.25) is 4.79 Å². The number of carbonyl (C=O) groups excluding carboxylic acids is 2. The van der Waals surface area contributed by atoms with Crippen LogP contribution in [0.2, 0.25) is 0 Å². The molecule has 5 fully saturated rings. The van der Waals surface area contributed by atoms with Crippen LogP contribution in [-0.2, 0) is 23.8 Å². The maximum absolute atomic E-state index is 13.3. The van der Waals surface area contributed by atoms with E-state index in [4.69, 9.17) is 18.6 Å². The second kappa shape index (κ2) is 6.91. The Balaban J connectivity index is 1.53. The van der Waals surface area contributed by atoms with E-state index < -0.39 is 40.8 Å². The third-order valence-electron chi connectivity index (χ3n) is 11.5. The van der Waals surface area contributed by atoms with Gasteiger partial charge in [-0.15, -0.1) is 0 Å². The Morgan fingerprint density at radius 1 is 1.09 bits per heavy atom. The highest BCUT2D eigenvalue weighted by Crippen LogP contribution is 2.80. The quantitative estimate of drug-likeness (QED) is 0.483. The van der Waals surface area contributed by atoms with Crippen LogP contribution in [0.15, 0.2) is 23.0 Å². The first kappa shape index (κ1) is 23.5. The lowest BCUT2D eigenvalue weighted by Crippen LogP contribution is -2.73. The zero-order valence-corrected chi connectivity index (χ0v) is 21.6. The van der Waals surface area contributed by atoms with Gasteiger partial charge in [-0.25, -0.2) is 4.79 Å². The zero-order chi connectivity index (χ0) is 25.2. The molecule has 1 spiro atoms. The maximum atomic E-state index is 13.3. The van der Waals surface area contributed by atoms with E-state index in [0.717, 1.165) is 31.2 Å². The number of hydrogen-bond donors (Lipinski definition) is 1. The summed E-state index contributed by atoms with van der Waals surface area (Å²) in [5, 5.41) is 11.0. The minimum Gasteiger partial charge on any atom is -0.472 e. The average Bonchev–Trinajstić information content (AvgIpc) is 3.35. The molecule has 0 aromatic carbocycles. The first-order valence-corrected chi connectivity index (χ1v) is 13.1. The van der Waals surface area contributed by atoms with Crippen molar-refractivity contribution in [2.24, 2.45) is 33.5 Å². The van der Waals surface area contributed by atoms with Crippen molar-refractivity contribution >= 4 is 11.9 Å².